The first-order chi connectivity index (χ1) is 10.0. The predicted octanol–water partition coefficient (Wildman–Crippen LogP) is 4.88. The molecule has 0 radical (unpaired) electrons. The average Bonchev–Trinajstić information content (AvgIpc) is 2.83. The summed E-state index contributed by atoms with van der Waals surface area (Å²) in [6.07, 6.45) is 1.12. The first-order valence-corrected chi connectivity index (χ1v) is 8.31. The molecule has 2 rings (SSSR count). The Labute approximate surface area is 130 Å². The summed E-state index contributed by atoms with van der Waals surface area (Å²) in [5, 5.41) is 4.44. The lowest BCUT2D eigenvalue weighted by Crippen LogP contribution is -2.14. The topological polar surface area (TPSA) is 24.9 Å². The Kier molecular flexibility index (Phi) is 5.48. The summed E-state index contributed by atoms with van der Waals surface area (Å²) >= 11 is 1.72. The molecule has 0 spiro atoms. The van der Waals surface area contributed by atoms with Gasteiger partial charge < -0.3 is 5.32 Å². The van der Waals surface area contributed by atoms with Crippen LogP contribution < -0.4 is 5.32 Å². The molecule has 0 aliphatic rings. The molecule has 1 heterocycles. The van der Waals surface area contributed by atoms with E-state index in [1.165, 1.54) is 10.9 Å². The Morgan fingerprint density at radius 2 is 2.10 bits per heavy atom. The van der Waals surface area contributed by atoms with Crippen LogP contribution in [0.3, 0.4) is 0 Å². The SMILES string of the molecule is CCCNCc1sc(-c2ccc(F)cc2C)nc1C(C)C. The summed E-state index contributed by atoms with van der Waals surface area (Å²) in [6, 6.07) is 4.91. The van der Waals surface area contributed by atoms with Crippen LogP contribution in [0.15, 0.2) is 18.2 Å². The highest BCUT2D eigenvalue weighted by Crippen LogP contribution is 2.33. The predicted molar refractivity (Wildman–Crippen MR) is 88.3 cm³/mol. The minimum atomic E-state index is -0.193. The molecular formula is C17H23FN2S. The van der Waals surface area contributed by atoms with Gasteiger partial charge in [0.05, 0.1) is 5.69 Å². The molecule has 0 bridgehead atoms. The second kappa shape index (κ2) is 7.14. The van der Waals surface area contributed by atoms with Crippen LogP contribution in [0, 0.1) is 12.7 Å². The molecule has 0 atom stereocenters. The molecule has 0 amide bonds. The van der Waals surface area contributed by atoms with Crippen LogP contribution in [0.25, 0.3) is 10.6 Å². The highest BCUT2D eigenvalue weighted by atomic mass is 32.1. The molecule has 0 unspecified atom stereocenters. The molecule has 0 aliphatic carbocycles. The number of aryl methyl sites for hydroxylation is 1. The van der Waals surface area contributed by atoms with Crippen molar-refractivity contribution in [2.45, 2.75) is 46.6 Å². The molecule has 0 fully saturated rings. The van der Waals surface area contributed by atoms with Crippen LogP contribution >= 0.6 is 11.3 Å². The van der Waals surface area contributed by atoms with Crippen molar-refractivity contribution < 1.29 is 4.39 Å². The van der Waals surface area contributed by atoms with Gasteiger partial charge in [0, 0.05) is 17.0 Å². The summed E-state index contributed by atoms with van der Waals surface area (Å²) in [5.74, 6) is 0.205. The minimum absolute atomic E-state index is 0.193. The van der Waals surface area contributed by atoms with Crippen molar-refractivity contribution in [3.63, 3.8) is 0 Å². The van der Waals surface area contributed by atoms with E-state index >= 15 is 0 Å². The van der Waals surface area contributed by atoms with E-state index < -0.39 is 0 Å². The Hall–Kier alpha value is -1.26. The molecule has 0 saturated carbocycles. The highest BCUT2D eigenvalue weighted by Gasteiger charge is 2.16. The van der Waals surface area contributed by atoms with E-state index in [0.717, 1.165) is 41.3 Å². The Morgan fingerprint density at radius 3 is 2.71 bits per heavy atom. The van der Waals surface area contributed by atoms with Crippen LogP contribution in [-0.4, -0.2) is 11.5 Å². The summed E-state index contributed by atoms with van der Waals surface area (Å²) in [5.41, 5.74) is 3.12. The number of aromatic nitrogens is 1. The number of thiazole rings is 1. The van der Waals surface area contributed by atoms with Crippen molar-refractivity contribution in [3.05, 3.63) is 40.2 Å². The summed E-state index contributed by atoms with van der Waals surface area (Å²) in [6.45, 7) is 10.3. The minimum Gasteiger partial charge on any atom is -0.312 e. The molecule has 0 aliphatic heterocycles. The third kappa shape index (κ3) is 3.89. The van der Waals surface area contributed by atoms with Crippen LogP contribution in [-0.2, 0) is 6.54 Å². The zero-order valence-electron chi connectivity index (χ0n) is 13.2. The maximum absolute atomic E-state index is 13.3. The second-order valence-electron chi connectivity index (χ2n) is 5.62. The van der Waals surface area contributed by atoms with Gasteiger partial charge in [-0.3, -0.25) is 0 Å². The number of halogens is 1. The number of benzene rings is 1. The standard InChI is InChI=1S/C17H23FN2S/c1-5-8-19-10-15-16(11(2)3)20-17(21-15)14-7-6-13(18)9-12(14)4/h6-7,9,11,19H,5,8,10H2,1-4H3. The molecule has 21 heavy (non-hydrogen) atoms. The fraction of sp³-hybridized carbons (Fsp3) is 0.471. The monoisotopic (exact) mass is 306 g/mol. The van der Waals surface area contributed by atoms with Crippen molar-refractivity contribution in [3.8, 4) is 10.6 Å². The molecule has 4 heteroatoms. The van der Waals surface area contributed by atoms with Gasteiger partial charge in [-0.1, -0.05) is 20.8 Å². The molecule has 1 aromatic carbocycles. The number of nitrogens with one attached hydrogen (secondary N) is 1. The molecule has 2 aromatic rings. The Balaban J connectivity index is 2.34. The van der Waals surface area contributed by atoms with Crippen molar-refractivity contribution in [1.29, 1.82) is 0 Å². The van der Waals surface area contributed by atoms with E-state index in [-0.39, 0.29) is 5.82 Å². The summed E-state index contributed by atoms with van der Waals surface area (Å²) < 4.78 is 13.3. The Morgan fingerprint density at radius 1 is 1.33 bits per heavy atom. The number of hydrogen-bond donors (Lipinski definition) is 1. The summed E-state index contributed by atoms with van der Waals surface area (Å²) in [7, 11) is 0. The Bertz CT molecular complexity index is 605. The van der Waals surface area contributed by atoms with Gasteiger partial charge in [-0.05, 0) is 49.6 Å². The number of hydrogen-bond acceptors (Lipinski definition) is 3. The quantitative estimate of drug-likeness (QED) is 0.769. The third-order valence-electron chi connectivity index (χ3n) is 3.41. The van der Waals surface area contributed by atoms with Gasteiger partial charge in [0.2, 0.25) is 0 Å². The van der Waals surface area contributed by atoms with Crippen LogP contribution in [0.5, 0.6) is 0 Å². The second-order valence-corrected chi connectivity index (χ2v) is 6.70. The van der Waals surface area contributed by atoms with Crippen molar-refractivity contribution >= 4 is 11.3 Å². The zero-order chi connectivity index (χ0) is 15.4. The van der Waals surface area contributed by atoms with Gasteiger partial charge in [-0.25, -0.2) is 9.37 Å². The van der Waals surface area contributed by atoms with E-state index in [4.69, 9.17) is 4.98 Å². The first-order valence-electron chi connectivity index (χ1n) is 7.49. The van der Waals surface area contributed by atoms with Gasteiger partial charge in [0.15, 0.2) is 0 Å². The van der Waals surface area contributed by atoms with Gasteiger partial charge in [0.1, 0.15) is 10.8 Å². The van der Waals surface area contributed by atoms with Gasteiger partial charge >= 0.3 is 0 Å². The average molecular weight is 306 g/mol. The van der Waals surface area contributed by atoms with Crippen molar-refractivity contribution in [1.82, 2.24) is 10.3 Å². The van der Waals surface area contributed by atoms with E-state index in [1.54, 1.807) is 17.4 Å². The molecule has 114 valence electrons. The van der Waals surface area contributed by atoms with Crippen molar-refractivity contribution in [2.24, 2.45) is 0 Å². The number of rotatable bonds is 6. The third-order valence-corrected chi connectivity index (χ3v) is 4.51. The van der Waals surface area contributed by atoms with Gasteiger partial charge in [-0.2, -0.15) is 0 Å². The van der Waals surface area contributed by atoms with Crippen LogP contribution in [0.1, 0.15) is 49.2 Å². The fourth-order valence-electron chi connectivity index (χ4n) is 2.30. The molecule has 1 aromatic heterocycles. The molecule has 1 N–H and O–H groups in total. The van der Waals surface area contributed by atoms with Crippen molar-refractivity contribution in [2.75, 3.05) is 6.54 Å². The van der Waals surface area contributed by atoms with E-state index in [1.807, 2.05) is 13.0 Å². The van der Waals surface area contributed by atoms with E-state index in [9.17, 15) is 4.39 Å². The largest absolute Gasteiger partial charge is 0.312 e. The van der Waals surface area contributed by atoms with Crippen LogP contribution in [0.2, 0.25) is 0 Å². The normalized spacial score (nSPS) is 11.3. The molecule has 0 saturated heterocycles. The smallest absolute Gasteiger partial charge is 0.124 e. The lowest BCUT2D eigenvalue weighted by molar-refractivity contribution is 0.627. The number of nitrogens with zero attached hydrogens (tertiary/aromatic N) is 1. The highest BCUT2D eigenvalue weighted by molar-refractivity contribution is 7.15. The lowest BCUT2D eigenvalue weighted by Gasteiger charge is -2.05. The lowest BCUT2D eigenvalue weighted by atomic mass is 10.1. The van der Waals surface area contributed by atoms with Crippen LogP contribution in [0.4, 0.5) is 4.39 Å². The first kappa shape index (κ1) is 16.1. The van der Waals surface area contributed by atoms with E-state index in [0.29, 0.717) is 5.92 Å². The molecule has 2 nitrogen and oxygen atoms in total. The zero-order valence-corrected chi connectivity index (χ0v) is 14.0. The maximum atomic E-state index is 13.3. The van der Waals surface area contributed by atoms with Gasteiger partial charge in [0.25, 0.3) is 0 Å². The fourth-order valence-corrected chi connectivity index (χ4v) is 3.58. The maximum Gasteiger partial charge on any atom is 0.124 e. The summed E-state index contributed by atoms with van der Waals surface area (Å²) in [4.78, 5) is 6.09. The van der Waals surface area contributed by atoms with Gasteiger partial charge in [-0.15, -0.1) is 11.3 Å². The molecular weight excluding hydrogens is 283 g/mol. The van der Waals surface area contributed by atoms with E-state index in [2.05, 4.69) is 26.1 Å².